The Labute approximate surface area is 154 Å². The minimum atomic E-state index is -0.0923. The molecule has 0 radical (unpaired) electrons. The lowest BCUT2D eigenvalue weighted by atomic mass is 10.0. The van der Waals surface area contributed by atoms with Gasteiger partial charge in [0.05, 0.1) is 22.4 Å². The molecule has 1 saturated heterocycles. The summed E-state index contributed by atoms with van der Waals surface area (Å²) in [5.41, 5.74) is 3.91. The summed E-state index contributed by atoms with van der Waals surface area (Å²) >= 11 is 0. The normalized spacial score (nSPS) is 15.3. The van der Waals surface area contributed by atoms with Crippen LogP contribution >= 0.6 is 0 Å². The summed E-state index contributed by atoms with van der Waals surface area (Å²) in [6.45, 7) is 7.29. The van der Waals surface area contributed by atoms with Crippen molar-refractivity contribution >= 4 is 22.8 Å². The molecule has 26 heavy (non-hydrogen) atoms. The molecule has 1 N–H and O–H groups in total. The number of carbonyl (C=O) groups is 2. The summed E-state index contributed by atoms with van der Waals surface area (Å²) in [4.78, 5) is 35.5. The molecule has 2 heterocycles. The van der Waals surface area contributed by atoms with Crippen molar-refractivity contribution in [2.75, 3.05) is 13.1 Å². The Hall–Kier alpha value is -2.50. The highest BCUT2D eigenvalue weighted by Gasteiger charge is 2.23. The number of rotatable bonds is 4. The van der Waals surface area contributed by atoms with E-state index in [1.54, 1.807) is 12.1 Å². The summed E-state index contributed by atoms with van der Waals surface area (Å²) in [5.74, 6) is 0.126. The molecule has 1 fully saturated rings. The number of likely N-dealkylation sites (tertiary alicyclic amines) is 1. The van der Waals surface area contributed by atoms with Crippen LogP contribution in [0.15, 0.2) is 18.2 Å². The Kier molecular flexibility index (Phi) is 5.49. The number of carbonyl (C=O) groups excluding carboxylic acids is 2. The van der Waals surface area contributed by atoms with Crippen LogP contribution in [0.3, 0.4) is 0 Å². The van der Waals surface area contributed by atoms with Crippen molar-refractivity contribution in [1.82, 2.24) is 20.2 Å². The zero-order valence-electron chi connectivity index (χ0n) is 15.7. The van der Waals surface area contributed by atoms with Gasteiger partial charge in [-0.15, -0.1) is 0 Å². The van der Waals surface area contributed by atoms with E-state index in [0.29, 0.717) is 25.1 Å². The molecule has 0 unspecified atom stereocenters. The maximum atomic E-state index is 12.6. The minimum absolute atomic E-state index is 0.0923. The van der Waals surface area contributed by atoms with E-state index in [1.165, 1.54) is 0 Å². The van der Waals surface area contributed by atoms with E-state index in [2.05, 4.69) is 15.3 Å². The fraction of sp³-hybridized carbons (Fsp3) is 0.500. The summed E-state index contributed by atoms with van der Waals surface area (Å²) in [7, 11) is 0. The van der Waals surface area contributed by atoms with Gasteiger partial charge in [-0.1, -0.05) is 6.92 Å². The zero-order chi connectivity index (χ0) is 18.7. The van der Waals surface area contributed by atoms with E-state index in [1.807, 2.05) is 31.7 Å². The Balaban J connectivity index is 1.63. The molecule has 0 aliphatic carbocycles. The molecule has 0 saturated carbocycles. The molecule has 0 atom stereocenters. The van der Waals surface area contributed by atoms with Crippen LogP contribution in [0, 0.1) is 13.8 Å². The highest BCUT2D eigenvalue weighted by Crippen LogP contribution is 2.16. The highest BCUT2D eigenvalue weighted by molar-refractivity contribution is 5.97. The molecule has 0 bridgehead atoms. The maximum Gasteiger partial charge on any atom is 0.251 e. The van der Waals surface area contributed by atoms with E-state index < -0.39 is 0 Å². The highest BCUT2D eigenvalue weighted by atomic mass is 16.2. The van der Waals surface area contributed by atoms with E-state index in [0.717, 1.165) is 41.7 Å². The molecule has 138 valence electrons. The predicted molar refractivity (Wildman–Crippen MR) is 101 cm³/mol. The van der Waals surface area contributed by atoms with Crippen LogP contribution in [0.1, 0.15) is 54.4 Å². The molecule has 1 aromatic heterocycles. The van der Waals surface area contributed by atoms with Crippen molar-refractivity contribution < 1.29 is 9.59 Å². The SMILES string of the molecule is CCCC(=O)N1CCC(NC(=O)c2ccc3nc(C)c(C)nc3c2)CC1. The molecule has 6 heteroatoms. The largest absolute Gasteiger partial charge is 0.349 e. The smallest absolute Gasteiger partial charge is 0.251 e. The van der Waals surface area contributed by atoms with E-state index in [4.69, 9.17) is 0 Å². The van der Waals surface area contributed by atoms with Crippen molar-refractivity contribution in [2.45, 2.75) is 52.5 Å². The first kappa shape index (κ1) is 18.3. The lowest BCUT2D eigenvalue weighted by Crippen LogP contribution is -2.46. The number of fused-ring (bicyclic) bond motifs is 1. The van der Waals surface area contributed by atoms with Crippen LogP contribution in [0.5, 0.6) is 0 Å². The maximum absolute atomic E-state index is 12.6. The number of aromatic nitrogens is 2. The Morgan fingerprint density at radius 3 is 2.42 bits per heavy atom. The first-order chi connectivity index (χ1) is 12.5. The molecular formula is C20H26N4O2. The van der Waals surface area contributed by atoms with Gasteiger partial charge in [0.25, 0.3) is 5.91 Å². The topological polar surface area (TPSA) is 75.2 Å². The van der Waals surface area contributed by atoms with Crippen LogP contribution in [-0.2, 0) is 4.79 Å². The third-order valence-electron chi connectivity index (χ3n) is 4.98. The number of benzene rings is 1. The van der Waals surface area contributed by atoms with Gasteiger partial charge in [-0.25, -0.2) is 9.97 Å². The Morgan fingerprint density at radius 2 is 1.77 bits per heavy atom. The van der Waals surface area contributed by atoms with Gasteiger partial charge < -0.3 is 10.2 Å². The van der Waals surface area contributed by atoms with E-state index in [-0.39, 0.29) is 17.9 Å². The number of hydrogen-bond acceptors (Lipinski definition) is 4. The lowest BCUT2D eigenvalue weighted by Gasteiger charge is -2.32. The lowest BCUT2D eigenvalue weighted by molar-refractivity contribution is -0.132. The third kappa shape index (κ3) is 4.00. The fourth-order valence-electron chi connectivity index (χ4n) is 3.29. The second-order valence-electron chi connectivity index (χ2n) is 6.98. The second-order valence-corrected chi connectivity index (χ2v) is 6.98. The summed E-state index contributed by atoms with van der Waals surface area (Å²) in [6.07, 6.45) is 3.08. The van der Waals surface area contributed by atoms with Gasteiger partial charge in [-0.2, -0.15) is 0 Å². The van der Waals surface area contributed by atoms with E-state index in [9.17, 15) is 9.59 Å². The number of amides is 2. The summed E-state index contributed by atoms with van der Waals surface area (Å²) in [5, 5.41) is 3.09. The Morgan fingerprint density at radius 1 is 1.12 bits per heavy atom. The Bertz CT molecular complexity index is 826. The van der Waals surface area contributed by atoms with Crippen molar-refractivity contribution in [3.8, 4) is 0 Å². The molecular weight excluding hydrogens is 328 g/mol. The zero-order valence-corrected chi connectivity index (χ0v) is 15.7. The van der Waals surface area contributed by atoms with Crippen LogP contribution in [0.4, 0.5) is 0 Å². The van der Waals surface area contributed by atoms with Crippen molar-refractivity contribution in [3.05, 3.63) is 35.2 Å². The minimum Gasteiger partial charge on any atom is -0.349 e. The number of nitrogens with zero attached hydrogens (tertiary/aromatic N) is 3. The van der Waals surface area contributed by atoms with Gasteiger partial charge in [-0.3, -0.25) is 9.59 Å². The van der Waals surface area contributed by atoms with Crippen LogP contribution in [-0.4, -0.2) is 45.8 Å². The molecule has 2 amide bonds. The number of aryl methyl sites for hydroxylation is 2. The van der Waals surface area contributed by atoms with Crippen LogP contribution < -0.4 is 5.32 Å². The summed E-state index contributed by atoms with van der Waals surface area (Å²) < 4.78 is 0. The van der Waals surface area contributed by atoms with Crippen molar-refractivity contribution in [1.29, 1.82) is 0 Å². The molecule has 6 nitrogen and oxygen atoms in total. The molecule has 3 rings (SSSR count). The van der Waals surface area contributed by atoms with Crippen molar-refractivity contribution in [3.63, 3.8) is 0 Å². The predicted octanol–water partition coefficient (Wildman–Crippen LogP) is 2.77. The van der Waals surface area contributed by atoms with Gasteiger partial charge >= 0.3 is 0 Å². The third-order valence-corrected chi connectivity index (χ3v) is 4.98. The van der Waals surface area contributed by atoms with Crippen molar-refractivity contribution in [2.24, 2.45) is 0 Å². The van der Waals surface area contributed by atoms with Gasteiger partial charge in [0.2, 0.25) is 5.91 Å². The van der Waals surface area contributed by atoms with Gasteiger partial charge in [0, 0.05) is 31.1 Å². The average molecular weight is 354 g/mol. The first-order valence-corrected chi connectivity index (χ1v) is 9.31. The van der Waals surface area contributed by atoms with Gasteiger partial charge in [0.15, 0.2) is 0 Å². The standard InChI is InChI=1S/C20H26N4O2/c1-4-5-19(25)24-10-8-16(9-11-24)23-20(26)15-6-7-17-18(12-15)22-14(3)13(2)21-17/h6-7,12,16H,4-5,8-11H2,1-3H3,(H,23,26). The van der Waals surface area contributed by atoms with Crippen LogP contribution in [0.2, 0.25) is 0 Å². The first-order valence-electron chi connectivity index (χ1n) is 9.31. The number of piperidine rings is 1. The summed E-state index contributed by atoms with van der Waals surface area (Å²) in [6, 6.07) is 5.54. The second kappa shape index (κ2) is 7.81. The molecule has 2 aromatic rings. The monoisotopic (exact) mass is 354 g/mol. The van der Waals surface area contributed by atoms with Gasteiger partial charge in [-0.05, 0) is 51.3 Å². The average Bonchev–Trinajstić information content (AvgIpc) is 2.63. The molecule has 1 aromatic carbocycles. The number of hydrogen-bond donors (Lipinski definition) is 1. The molecule has 1 aliphatic rings. The van der Waals surface area contributed by atoms with Gasteiger partial charge in [0.1, 0.15) is 0 Å². The fourth-order valence-corrected chi connectivity index (χ4v) is 3.29. The molecule has 1 aliphatic heterocycles. The number of nitrogens with one attached hydrogen (secondary N) is 1. The quantitative estimate of drug-likeness (QED) is 0.916. The van der Waals surface area contributed by atoms with Crippen LogP contribution in [0.25, 0.3) is 11.0 Å². The molecule has 0 spiro atoms. The van der Waals surface area contributed by atoms with E-state index >= 15 is 0 Å².